The van der Waals surface area contributed by atoms with Crippen molar-refractivity contribution in [3.8, 4) is 0 Å². The van der Waals surface area contributed by atoms with E-state index in [9.17, 15) is 28.9 Å². The molecular formula is C56H103O11P. The minimum Gasteiger partial charge on any atom is -0.462 e. The number of rotatable bonds is 52. The fourth-order valence-electron chi connectivity index (χ4n) is 7.78. The number of phosphoric acid groups is 1. The van der Waals surface area contributed by atoms with Crippen LogP contribution in [-0.2, 0) is 42.2 Å². The molecule has 0 fully saturated rings. The smallest absolute Gasteiger partial charge is 0.462 e. The molecule has 11 nitrogen and oxygen atoms in total. The fraction of sp³-hybridized carbons (Fsp3) is 0.839. The Kier molecular flexibility index (Phi) is 49.3. The number of ether oxygens (including phenoxy) is 3. The van der Waals surface area contributed by atoms with Crippen LogP contribution in [0.4, 0.5) is 0 Å². The number of unbranched alkanes of at least 4 members (excludes halogenated alkanes) is 29. The second kappa shape index (κ2) is 51.1. The Morgan fingerprint density at radius 2 is 0.721 bits per heavy atom. The van der Waals surface area contributed by atoms with Gasteiger partial charge >= 0.3 is 25.7 Å². The second-order valence-electron chi connectivity index (χ2n) is 18.8. The molecule has 12 heteroatoms. The zero-order valence-electron chi connectivity index (χ0n) is 43.8. The van der Waals surface area contributed by atoms with Gasteiger partial charge in [0.15, 0.2) is 6.10 Å². The summed E-state index contributed by atoms with van der Waals surface area (Å²) in [5, 5.41) is 9.78. The van der Waals surface area contributed by atoms with Crippen molar-refractivity contribution in [2.75, 3.05) is 26.4 Å². The van der Waals surface area contributed by atoms with Gasteiger partial charge in [0.05, 0.1) is 19.8 Å². The van der Waals surface area contributed by atoms with Gasteiger partial charge in [0, 0.05) is 19.3 Å². The Hall–Kier alpha value is -2.30. The van der Waals surface area contributed by atoms with Crippen molar-refractivity contribution < 1.29 is 52.2 Å². The third kappa shape index (κ3) is 48.7. The number of aliphatic hydroxyl groups is 1. The lowest BCUT2D eigenvalue weighted by Crippen LogP contribution is -2.30. The molecule has 0 spiro atoms. The van der Waals surface area contributed by atoms with E-state index >= 15 is 0 Å². The summed E-state index contributed by atoms with van der Waals surface area (Å²) in [6.45, 7) is 4.60. The van der Waals surface area contributed by atoms with Crippen molar-refractivity contribution in [2.45, 2.75) is 277 Å². The zero-order valence-corrected chi connectivity index (χ0v) is 44.7. The fourth-order valence-corrected chi connectivity index (χ4v) is 8.56. The van der Waals surface area contributed by atoms with Crippen LogP contribution in [0.15, 0.2) is 36.5 Å². The summed E-state index contributed by atoms with van der Waals surface area (Å²) in [5.74, 6) is -1.47. The Bertz CT molecular complexity index is 1280. The van der Waals surface area contributed by atoms with Gasteiger partial charge in [0.2, 0.25) is 0 Å². The van der Waals surface area contributed by atoms with E-state index in [1.165, 1.54) is 116 Å². The lowest BCUT2D eigenvalue weighted by atomic mass is 10.0. The van der Waals surface area contributed by atoms with E-state index in [0.29, 0.717) is 19.3 Å². The second-order valence-corrected chi connectivity index (χ2v) is 20.2. The molecule has 3 unspecified atom stereocenters. The van der Waals surface area contributed by atoms with Gasteiger partial charge in [-0.1, -0.05) is 224 Å². The molecule has 0 aliphatic heterocycles. The molecule has 0 saturated carbocycles. The molecule has 0 rings (SSSR count). The zero-order chi connectivity index (χ0) is 49.9. The van der Waals surface area contributed by atoms with E-state index in [1.54, 1.807) is 0 Å². The van der Waals surface area contributed by atoms with Crippen LogP contribution in [0.5, 0.6) is 0 Å². The lowest BCUT2D eigenvalue weighted by molar-refractivity contribution is -0.161. The van der Waals surface area contributed by atoms with Crippen molar-refractivity contribution in [3.05, 3.63) is 36.5 Å². The summed E-state index contributed by atoms with van der Waals surface area (Å²) in [7, 11) is -4.74. The summed E-state index contributed by atoms with van der Waals surface area (Å²) < 4.78 is 39.4. The normalized spacial score (nSPS) is 13.7. The van der Waals surface area contributed by atoms with Gasteiger partial charge < -0.3 is 24.2 Å². The first-order chi connectivity index (χ1) is 33.2. The topological polar surface area (TPSA) is 155 Å². The quantitative estimate of drug-likeness (QED) is 0.0197. The number of hydrogen-bond acceptors (Lipinski definition) is 10. The van der Waals surface area contributed by atoms with Crippen molar-refractivity contribution in [1.29, 1.82) is 0 Å². The minimum absolute atomic E-state index is 0.157. The minimum atomic E-state index is -4.74. The van der Waals surface area contributed by atoms with Gasteiger partial charge in [-0.25, -0.2) is 4.57 Å². The predicted octanol–water partition coefficient (Wildman–Crippen LogP) is 16.0. The number of hydrogen-bond donors (Lipinski definition) is 2. The molecule has 0 aromatic heterocycles. The number of carbonyl (C=O) groups excluding carboxylic acids is 3. The van der Waals surface area contributed by atoms with Crippen LogP contribution in [-0.4, -0.2) is 66.5 Å². The highest BCUT2D eigenvalue weighted by molar-refractivity contribution is 7.47. The molecule has 68 heavy (non-hydrogen) atoms. The molecule has 3 atom stereocenters. The highest BCUT2D eigenvalue weighted by Gasteiger charge is 2.28. The lowest BCUT2D eigenvalue weighted by Gasteiger charge is -2.21. The summed E-state index contributed by atoms with van der Waals surface area (Å²) in [5.41, 5.74) is 0. The first-order valence-corrected chi connectivity index (χ1v) is 29.4. The number of carbonyl (C=O) groups is 3. The average molecular weight is 983 g/mol. The maximum atomic E-state index is 12.9. The van der Waals surface area contributed by atoms with E-state index in [1.807, 2.05) is 0 Å². The first kappa shape index (κ1) is 65.7. The van der Waals surface area contributed by atoms with Crippen molar-refractivity contribution >= 4 is 25.7 Å². The third-order valence-corrected chi connectivity index (χ3v) is 13.0. The molecule has 0 saturated heterocycles. The monoisotopic (exact) mass is 983 g/mol. The molecule has 0 aromatic carbocycles. The van der Waals surface area contributed by atoms with Crippen LogP contribution < -0.4 is 0 Å². The summed E-state index contributed by atoms with van der Waals surface area (Å²) in [4.78, 5) is 48.3. The largest absolute Gasteiger partial charge is 0.472 e. The number of aliphatic hydroxyl groups excluding tert-OH is 1. The molecule has 0 bridgehead atoms. The Labute approximate surface area is 416 Å². The molecule has 0 aliphatic rings. The molecular weight excluding hydrogens is 880 g/mol. The van der Waals surface area contributed by atoms with Crippen molar-refractivity contribution in [1.82, 2.24) is 0 Å². The Morgan fingerprint density at radius 1 is 0.412 bits per heavy atom. The van der Waals surface area contributed by atoms with E-state index in [2.05, 4.69) is 57.2 Å². The molecule has 0 aliphatic carbocycles. The SMILES string of the molecule is CCCCC/C=C\C/C=C\C/C=C\CCCCCCCCC(=O)OC(COC(=O)CCCCCCCCCCC)COP(=O)(O)OCC(CO)OC(=O)CCCCCCCCCCCCCCC. The van der Waals surface area contributed by atoms with E-state index in [-0.39, 0.29) is 25.9 Å². The van der Waals surface area contributed by atoms with Crippen molar-refractivity contribution in [3.63, 3.8) is 0 Å². The average Bonchev–Trinajstić information content (AvgIpc) is 3.32. The molecule has 0 amide bonds. The molecule has 0 aromatic rings. The predicted molar refractivity (Wildman–Crippen MR) is 279 cm³/mol. The number of esters is 3. The van der Waals surface area contributed by atoms with Crippen LogP contribution in [0.2, 0.25) is 0 Å². The standard InChI is InChI=1S/C56H103O11P/c1-4-7-10-13-16-19-21-23-24-25-26-27-28-30-32-35-38-41-44-47-56(60)67-53(49-63-54(58)45-42-39-36-33-18-15-12-9-6-3)51-65-68(61,62)64-50-52(48-57)66-55(59)46-43-40-37-34-31-29-22-20-17-14-11-8-5-2/h16,19,23-24,26-27,52-53,57H,4-15,17-18,20-22,25,28-51H2,1-3H3,(H,61,62)/b19-16-,24-23-,27-26-. The summed E-state index contributed by atoms with van der Waals surface area (Å²) in [6, 6.07) is 0. The van der Waals surface area contributed by atoms with Crippen LogP contribution in [0, 0.1) is 0 Å². The molecule has 2 N–H and O–H groups in total. The van der Waals surface area contributed by atoms with E-state index in [4.69, 9.17) is 23.3 Å². The van der Waals surface area contributed by atoms with Crippen LogP contribution in [0.1, 0.15) is 265 Å². The van der Waals surface area contributed by atoms with Gasteiger partial charge in [-0.2, -0.15) is 0 Å². The summed E-state index contributed by atoms with van der Waals surface area (Å²) >= 11 is 0. The number of allylic oxidation sites excluding steroid dienone is 6. The van der Waals surface area contributed by atoms with Crippen LogP contribution in [0.25, 0.3) is 0 Å². The van der Waals surface area contributed by atoms with E-state index < -0.39 is 57.8 Å². The molecule has 398 valence electrons. The summed E-state index contributed by atoms with van der Waals surface area (Å²) in [6.07, 6.45) is 51.1. The Morgan fingerprint density at radius 3 is 1.13 bits per heavy atom. The molecule has 0 radical (unpaired) electrons. The highest BCUT2D eigenvalue weighted by atomic mass is 31.2. The first-order valence-electron chi connectivity index (χ1n) is 27.9. The van der Waals surface area contributed by atoms with Gasteiger partial charge in [-0.05, 0) is 57.8 Å². The van der Waals surface area contributed by atoms with Gasteiger partial charge in [-0.3, -0.25) is 23.4 Å². The van der Waals surface area contributed by atoms with Crippen LogP contribution >= 0.6 is 7.82 Å². The van der Waals surface area contributed by atoms with Gasteiger partial charge in [0.1, 0.15) is 12.7 Å². The van der Waals surface area contributed by atoms with Gasteiger partial charge in [-0.15, -0.1) is 0 Å². The maximum absolute atomic E-state index is 12.9. The van der Waals surface area contributed by atoms with Crippen molar-refractivity contribution in [2.24, 2.45) is 0 Å². The molecule has 0 heterocycles. The third-order valence-electron chi connectivity index (χ3n) is 12.1. The van der Waals surface area contributed by atoms with Gasteiger partial charge in [0.25, 0.3) is 0 Å². The Balaban J connectivity index is 4.66. The van der Waals surface area contributed by atoms with Crippen LogP contribution in [0.3, 0.4) is 0 Å². The maximum Gasteiger partial charge on any atom is 0.472 e. The highest BCUT2D eigenvalue weighted by Crippen LogP contribution is 2.43. The van der Waals surface area contributed by atoms with E-state index in [0.717, 1.165) is 89.9 Å². The number of phosphoric ester groups is 1.